The number of carbonyl (C=O) groups is 13. The third-order valence-electron chi connectivity index (χ3n) is 15.0. The molecule has 0 fully saturated rings. The van der Waals surface area contributed by atoms with E-state index < -0.39 is 11.9 Å². The van der Waals surface area contributed by atoms with Crippen molar-refractivity contribution in [2.75, 3.05) is 33.0 Å². The normalized spacial score (nSPS) is 10.2. The summed E-state index contributed by atoms with van der Waals surface area (Å²) >= 11 is 0. The van der Waals surface area contributed by atoms with Crippen molar-refractivity contribution in [1.82, 2.24) is 0 Å². The summed E-state index contributed by atoms with van der Waals surface area (Å²) < 4.78 is 24.5. The van der Waals surface area contributed by atoms with E-state index in [0.29, 0.717) is 101 Å². The first kappa shape index (κ1) is 94.9. The highest BCUT2D eigenvalue weighted by atomic mass is 16.5. The number of Topliss-reactive ketones (excluding diaryl/α,β-unsaturated/α-hetero) is 6. The van der Waals surface area contributed by atoms with Crippen molar-refractivity contribution in [2.24, 2.45) is 23.7 Å². The summed E-state index contributed by atoms with van der Waals surface area (Å²) in [5, 5.41) is 17.7. The van der Waals surface area contributed by atoms with Gasteiger partial charge in [0.05, 0.1) is 72.0 Å². The molecule has 0 bridgehead atoms. The maximum absolute atomic E-state index is 11.9. The SMILES string of the molecule is CCOC(=O)c1cc(C)cc(C(=O)C(C)C)c1.CCOC(=O)c1cc(C)cc(C(=O)C(C)C)c1.CCOC(=O)c1cc(C)cc(C(=O)CC)c1.CCOC(=O)c1cc(C)cc(C(C)=O)c1.CCOC(=O)c1cc(C)cc(C)c1.Cc1cc(C(=O)O)cc(C(=O)C(C)C)c1.Cc1cc(C(=O)O)cc(C(=O)C(C)C)c1. The highest BCUT2D eigenvalue weighted by molar-refractivity contribution is 6.04. The number of ketones is 6. The first-order valence-corrected chi connectivity index (χ1v) is 35.8. The van der Waals surface area contributed by atoms with Gasteiger partial charge in [0.2, 0.25) is 0 Å². The number of hydrogen-bond donors (Lipinski definition) is 2. The molecular weight excluding hydrogens is 1380 g/mol. The van der Waals surface area contributed by atoms with Crippen LogP contribution in [0.15, 0.2) is 127 Å². The van der Waals surface area contributed by atoms with Gasteiger partial charge in [-0.15, -0.1) is 0 Å². The van der Waals surface area contributed by atoms with Crippen LogP contribution in [0.4, 0.5) is 0 Å². The van der Waals surface area contributed by atoms with Crippen LogP contribution in [-0.4, -0.2) is 120 Å². The van der Waals surface area contributed by atoms with Gasteiger partial charge in [0.1, 0.15) is 0 Å². The van der Waals surface area contributed by atoms with Crippen molar-refractivity contribution in [3.05, 3.63) is 244 Å². The Hall–Kier alpha value is -11.2. The summed E-state index contributed by atoms with van der Waals surface area (Å²) in [4.78, 5) is 149. The quantitative estimate of drug-likeness (QED) is 0.0341. The molecule has 0 heterocycles. The molecule has 20 heteroatoms. The van der Waals surface area contributed by atoms with Crippen LogP contribution in [0.1, 0.15) is 289 Å². The Balaban J connectivity index is 0.000000631. The summed E-state index contributed by atoms with van der Waals surface area (Å²) in [6.45, 7) is 43.3. The molecule has 0 aromatic heterocycles. The topological polar surface area (TPSA) is 309 Å². The molecule has 0 aliphatic carbocycles. The summed E-state index contributed by atoms with van der Waals surface area (Å²) in [6.07, 6.45) is 0.436. The Morgan fingerprint density at radius 3 is 0.620 bits per heavy atom. The molecule has 0 spiro atoms. The molecule has 20 nitrogen and oxygen atoms in total. The lowest BCUT2D eigenvalue weighted by Crippen LogP contribution is -2.11. The van der Waals surface area contributed by atoms with E-state index >= 15 is 0 Å². The van der Waals surface area contributed by atoms with Crippen molar-refractivity contribution < 1.29 is 96.2 Å². The molecule has 0 atom stereocenters. The second kappa shape index (κ2) is 47.4. The van der Waals surface area contributed by atoms with Gasteiger partial charge in [-0.25, -0.2) is 33.6 Å². The maximum Gasteiger partial charge on any atom is 0.338 e. The lowest BCUT2D eigenvalue weighted by molar-refractivity contribution is 0.0516. The molecule has 2 N–H and O–H groups in total. The monoisotopic (exact) mass is 1480 g/mol. The van der Waals surface area contributed by atoms with E-state index in [1.807, 2.05) is 87.4 Å². The minimum absolute atomic E-state index is 0.0267. The number of esters is 5. The summed E-state index contributed by atoms with van der Waals surface area (Å²) in [5.74, 6) is -4.15. The molecule has 0 saturated heterocycles. The fourth-order valence-corrected chi connectivity index (χ4v) is 10.1. The number of hydrogen-bond acceptors (Lipinski definition) is 18. The van der Waals surface area contributed by atoms with E-state index in [0.717, 1.165) is 44.5 Å². The zero-order valence-corrected chi connectivity index (χ0v) is 66.9. The molecule has 0 aliphatic rings. The molecule has 0 radical (unpaired) electrons. The molecular formula is C88H108O20. The Morgan fingerprint density at radius 1 is 0.250 bits per heavy atom. The van der Waals surface area contributed by atoms with Crippen LogP contribution in [-0.2, 0) is 23.7 Å². The van der Waals surface area contributed by atoms with E-state index in [1.165, 1.54) is 19.1 Å². The van der Waals surface area contributed by atoms with Crippen molar-refractivity contribution in [2.45, 2.75) is 166 Å². The van der Waals surface area contributed by atoms with Gasteiger partial charge in [0.15, 0.2) is 34.7 Å². The fraction of sp³-hybridized carbons (Fsp3) is 0.375. The van der Waals surface area contributed by atoms with Crippen LogP contribution in [0.5, 0.6) is 0 Å². The number of carboxylic acids is 2. The van der Waals surface area contributed by atoms with Gasteiger partial charge in [0, 0.05) is 63.5 Å². The molecule has 0 saturated carbocycles. The van der Waals surface area contributed by atoms with Gasteiger partial charge in [-0.1, -0.05) is 79.5 Å². The highest BCUT2D eigenvalue weighted by Crippen LogP contribution is 2.21. The summed E-state index contributed by atoms with van der Waals surface area (Å²) in [7, 11) is 0. The van der Waals surface area contributed by atoms with Crippen LogP contribution in [0, 0.1) is 79.1 Å². The molecule has 0 aliphatic heterocycles. The first-order valence-electron chi connectivity index (χ1n) is 35.8. The van der Waals surface area contributed by atoms with Crippen molar-refractivity contribution in [3.63, 3.8) is 0 Å². The fourth-order valence-electron chi connectivity index (χ4n) is 10.1. The third-order valence-corrected chi connectivity index (χ3v) is 15.0. The number of rotatable bonds is 23. The van der Waals surface area contributed by atoms with E-state index in [4.69, 9.17) is 33.9 Å². The Kier molecular flexibility index (Phi) is 41.7. The lowest BCUT2D eigenvalue weighted by atomic mass is 9.97. The zero-order chi connectivity index (χ0) is 82.6. The van der Waals surface area contributed by atoms with Crippen LogP contribution in [0.2, 0.25) is 0 Å². The highest BCUT2D eigenvalue weighted by Gasteiger charge is 2.20. The smallest absolute Gasteiger partial charge is 0.338 e. The Bertz CT molecular complexity index is 4150. The predicted octanol–water partition coefficient (Wildman–Crippen LogP) is 18.7. The minimum atomic E-state index is -1.00. The predicted molar refractivity (Wildman–Crippen MR) is 418 cm³/mol. The van der Waals surface area contributed by atoms with Crippen LogP contribution in [0.25, 0.3) is 0 Å². The van der Waals surface area contributed by atoms with Crippen LogP contribution >= 0.6 is 0 Å². The second-order valence-corrected chi connectivity index (χ2v) is 26.5. The largest absolute Gasteiger partial charge is 0.478 e. The molecule has 7 rings (SSSR count). The average Bonchev–Trinajstić information content (AvgIpc) is 0.883. The third kappa shape index (κ3) is 33.5. The van der Waals surface area contributed by atoms with Gasteiger partial charge < -0.3 is 33.9 Å². The molecule has 108 heavy (non-hydrogen) atoms. The van der Waals surface area contributed by atoms with E-state index in [9.17, 15) is 62.3 Å². The average molecular weight is 1490 g/mol. The molecule has 0 amide bonds. The van der Waals surface area contributed by atoms with Gasteiger partial charge in [-0.2, -0.15) is 0 Å². The number of aromatic carboxylic acids is 2. The first-order chi connectivity index (χ1) is 50.5. The second-order valence-electron chi connectivity index (χ2n) is 26.5. The van der Waals surface area contributed by atoms with Gasteiger partial charge in [0.25, 0.3) is 0 Å². The Morgan fingerprint density at radius 2 is 0.417 bits per heavy atom. The molecule has 7 aromatic rings. The van der Waals surface area contributed by atoms with Crippen LogP contribution in [0.3, 0.4) is 0 Å². The van der Waals surface area contributed by atoms with Gasteiger partial charge in [-0.05, 0) is 252 Å². The van der Waals surface area contributed by atoms with Crippen molar-refractivity contribution in [3.8, 4) is 0 Å². The van der Waals surface area contributed by atoms with E-state index in [2.05, 4.69) is 0 Å². The lowest BCUT2D eigenvalue weighted by Gasteiger charge is -2.08. The molecule has 580 valence electrons. The standard InChI is InChI=1S/2C14H18O3.C13H16O3.3C12H14O3.C11H14O2/c2*1-5-17-14(16)12-7-10(4)6-11(8-12)13(15)9(2)3;1-4-12(14)10-6-9(3)7-11(8-10)13(15)16-5-2;2*1-7(2)11(13)9-4-8(3)5-10(6-9)12(14)15;1-4-15-12(14)11-6-8(2)5-10(7-11)9(3)13;1-4-13-11(12)10-6-8(2)5-9(3)7-10/h2*6-9H,5H2,1-4H3;6-8H,4-5H2,1-3H3;2*4-7H,1-3H3,(H,14,15);5-7H,4H2,1-3H3;5-7H,4H2,1-3H3. The Labute approximate surface area is 636 Å². The number of benzene rings is 7. The minimum Gasteiger partial charge on any atom is -0.478 e. The van der Waals surface area contributed by atoms with E-state index in [1.54, 1.807) is 180 Å². The maximum atomic E-state index is 11.9. The number of aryl methyl sites for hydroxylation is 8. The number of ether oxygens (including phenoxy) is 5. The van der Waals surface area contributed by atoms with Crippen molar-refractivity contribution >= 4 is 76.5 Å². The summed E-state index contributed by atoms with van der Waals surface area (Å²) in [5.41, 5.74) is 13.2. The number of carboxylic acid groups (broad SMARTS) is 2. The zero-order valence-electron chi connectivity index (χ0n) is 66.9. The number of carbonyl (C=O) groups excluding carboxylic acids is 11. The summed E-state index contributed by atoms with van der Waals surface area (Å²) in [6, 6.07) is 35.5. The van der Waals surface area contributed by atoms with E-state index in [-0.39, 0.29) is 99.3 Å². The molecule has 0 unspecified atom stereocenters. The van der Waals surface area contributed by atoms with Gasteiger partial charge >= 0.3 is 41.8 Å². The van der Waals surface area contributed by atoms with Crippen molar-refractivity contribution in [1.29, 1.82) is 0 Å². The van der Waals surface area contributed by atoms with Gasteiger partial charge in [-0.3, -0.25) is 28.8 Å². The van der Waals surface area contributed by atoms with Crippen LogP contribution < -0.4 is 0 Å². The molecule has 7 aromatic carbocycles.